The Morgan fingerprint density at radius 1 is 1.21 bits per heavy atom. The van der Waals surface area contributed by atoms with E-state index in [9.17, 15) is 4.79 Å². The number of rotatable bonds is 4. The van der Waals surface area contributed by atoms with Crippen molar-refractivity contribution in [3.63, 3.8) is 0 Å². The minimum atomic E-state index is -0.941. The van der Waals surface area contributed by atoms with Crippen molar-refractivity contribution in [3.8, 4) is 0 Å². The van der Waals surface area contributed by atoms with E-state index in [0.29, 0.717) is 0 Å². The molecule has 0 saturated carbocycles. The molecule has 0 aliphatic carbocycles. The number of hydrogen-bond donors (Lipinski definition) is 2. The summed E-state index contributed by atoms with van der Waals surface area (Å²) in [4.78, 5) is 10.9. The molecule has 0 bridgehead atoms. The second kappa shape index (κ2) is 6.33. The standard InChI is InChI=1S/C14H11IN2O2/c15-12-7-10(6-11(8-12)14(18)19)9-16-17-13-4-2-1-3-5-13/h1-9,17H,(H,18,19). The molecule has 0 aliphatic heterocycles. The molecule has 0 atom stereocenters. The zero-order chi connectivity index (χ0) is 13.7. The van der Waals surface area contributed by atoms with Crippen LogP contribution in [0.2, 0.25) is 0 Å². The minimum absolute atomic E-state index is 0.257. The van der Waals surface area contributed by atoms with Crippen molar-refractivity contribution < 1.29 is 9.90 Å². The fraction of sp³-hybridized carbons (Fsp3) is 0. The number of halogens is 1. The summed E-state index contributed by atoms with van der Waals surface area (Å²) in [6.45, 7) is 0. The normalized spacial score (nSPS) is 10.6. The maximum absolute atomic E-state index is 10.9. The predicted octanol–water partition coefficient (Wildman–Crippen LogP) is 3.44. The highest BCUT2D eigenvalue weighted by atomic mass is 127. The van der Waals surface area contributed by atoms with E-state index in [1.54, 1.807) is 18.3 Å². The van der Waals surface area contributed by atoms with Gasteiger partial charge in [-0.25, -0.2) is 4.79 Å². The second-order valence-corrected chi connectivity index (χ2v) is 5.06. The molecule has 0 radical (unpaired) electrons. The number of nitrogens with one attached hydrogen (secondary N) is 1. The molecule has 4 nitrogen and oxygen atoms in total. The van der Waals surface area contributed by atoms with Crippen LogP contribution in [0.5, 0.6) is 0 Å². The predicted molar refractivity (Wildman–Crippen MR) is 83.8 cm³/mol. The summed E-state index contributed by atoms with van der Waals surface area (Å²) in [5, 5.41) is 13.1. The molecule has 0 amide bonds. The first-order valence-corrected chi connectivity index (χ1v) is 6.61. The molecule has 0 spiro atoms. The SMILES string of the molecule is O=C(O)c1cc(I)cc(C=NNc2ccccc2)c1. The van der Waals surface area contributed by atoms with Gasteiger partial charge in [0.15, 0.2) is 0 Å². The molecule has 0 unspecified atom stereocenters. The summed E-state index contributed by atoms with van der Waals surface area (Å²) < 4.78 is 0.860. The van der Waals surface area contributed by atoms with Gasteiger partial charge < -0.3 is 5.11 Å². The fourth-order valence-electron chi connectivity index (χ4n) is 1.50. The Kier molecular flexibility index (Phi) is 4.51. The lowest BCUT2D eigenvalue weighted by molar-refractivity contribution is 0.0697. The van der Waals surface area contributed by atoms with Crippen LogP contribution in [-0.4, -0.2) is 17.3 Å². The van der Waals surface area contributed by atoms with Crippen molar-refractivity contribution in [1.29, 1.82) is 0 Å². The van der Waals surface area contributed by atoms with Crippen LogP contribution in [0.25, 0.3) is 0 Å². The van der Waals surface area contributed by atoms with Gasteiger partial charge in [-0.05, 0) is 58.5 Å². The van der Waals surface area contributed by atoms with Gasteiger partial charge in [-0.1, -0.05) is 18.2 Å². The number of carbonyl (C=O) groups is 1. The molecule has 96 valence electrons. The number of para-hydroxylation sites is 1. The highest BCUT2D eigenvalue weighted by molar-refractivity contribution is 14.1. The summed E-state index contributed by atoms with van der Waals surface area (Å²) >= 11 is 2.08. The van der Waals surface area contributed by atoms with Crippen LogP contribution < -0.4 is 5.43 Å². The van der Waals surface area contributed by atoms with E-state index in [0.717, 1.165) is 14.8 Å². The summed E-state index contributed by atoms with van der Waals surface area (Å²) in [6.07, 6.45) is 1.60. The van der Waals surface area contributed by atoms with Gasteiger partial charge in [-0.3, -0.25) is 5.43 Å². The Morgan fingerprint density at radius 2 is 1.95 bits per heavy atom. The van der Waals surface area contributed by atoms with Crippen molar-refractivity contribution in [2.24, 2.45) is 5.10 Å². The van der Waals surface area contributed by atoms with Crippen LogP contribution in [0, 0.1) is 3.57 Å². The molecular formula is C14H11IN2O2. The van der Waals surface area contributed by atoms with Gasteiger partial charge in [-0.15, -0.1) is 0 Å². The third-order valence-corrected chi connectivity index (χ3v) is 2.97. The maximum atomic E-state index is 10.9. The highest BCUT2D eigenvalue weighted by Crippen LogP contribution is 2.12. The van der Waals surface area contributed by atoms with Crippen LogP contribution in [0.1, 0.15) is 15.9 Å². The topological polar surface area (TPSA) is 61.7 Å². The Labute approximate surface area is 124 Å². The first kappa shape index (κ1) is 13.5. The molecule has 0 fully saturated rings. The van der Waals surface area contributed by atoms with Gasteiger partial charge in [0.1, 0.15) is 0 Å². The summed E-state index contributed by atoms with van der Waals surface area (Å²) in [5.41, 5.74) is 4.76. The fourth-order valence-corrected chi connectivity index (χ4v) is 2.20. The average Bonchev–Trinajstić information content (AvgIpc) is 2.39. The first-order chi connectivity index (χ1) is 9.15. The molecule has 19 heavy (non-hydrogen) atoms. The Hall–Kier alpha value is -1.89. The largest absolute Gasteiger partial charge is 0.478 e. The zero-order valence-corrected chi connectivity index (χ0v) is 12.0. The van der Waals surface area contributed by atoms with Crippen molar-refractivity contribution in [3.05, 3.63) is 63.2 Å². The van der Waals surface area contributed by atoms with Crippen LogP contribution in [-0.2, 0) is 0 Å². The number of aromatic carboxylic acids is 1. The van der Waals surface area contributed by atoms with Gasteiger partial charge >= 0.3 is 5.97 Å². The molecule has 0 saturated heterocycles. The third-order valence-electron chi connectivity index (χ3n) is 2.35. The molecule has 5 heteroatoms. The quantitative estimate of drug-likeness (QED) is 0.495. The van der Waals surface area contributed by atoms with E-state index in [1.807, 2.05) is 36.4 Å². The van der Waals surface area contributed by atoms with Crippen molar-refractivity contribution in [2.75, 3.05) is 5.43 Å². The van der Waals surface area contributed by atoms with Crippen LogP contribution in [0.3, 0.4) is 0 Å². The summed E-state index contributed by atoms with van der Waals surface area (Å²) in [7, 11) is 0. The van der Waals surface area contributed by atoms with E-state index in [4.69, 9.17) is 5.11 Å². The number of hydrazone groups is 1. The Balaban J connectivity index is 2.12. The number of benzene rings is 2. The van der Waals surface area contributed by atoms with E-state index in [2.05, 4.69) is 33.1 Å². The third kappa shape index (κ3) is 4.06. The summed E-state index contributed by atoms with van der Waals surface area (Å²) in [5.74, 6) is -0.941. The van der Waals surface area contributed by atoms with Crippen LogP contribution in [0.15, 0.2) is 53.6 Å². The molecule has 0 aromatic heterocycles. The zero-order valence-electron chi connectivity index (χ0n) is 9.88. The lowest BCUT2D eigenvalue weighted by atomic mass is 10.1. The molecule has 0 heterocycles. The van der Waals surface area contributed by atoms with Crippen molar-refractivity contribution in [1.82, 2.24) is 0 Å². The molecule has 2 rings (SSSR count). The van der Waals surface area contributed by atoms with Gasteiger partial charge in [0.25, 0.3) is 0 Å². The summed E-state index contributed by atoms with van der Waals surface area (Å²) in [6, 6.07) is 14.6. The van der Waals surface area contributed by atoms with E-state index >= 15 is 0 Å². The van der Waals surface area contributed by atoms with Crippen molar-refractivity contribution in [2.45, 2.75) is 0 Å². The van der Waals surface area contributed by atoms with Crippen LogP contribution in [0.4, 0.5) is 5.69 Å². The lowest BCUT2D eigenvalue weighted by Crippen LogP contribution is -1.99. The molecule has 2 aromatic rings. The smallest absolute Gasteiger partial charge is 0.335 e. The molecule has 0 aliphatic rings. The molecule has 2 aromatic carbocycles. The Morgan fingerprint density at radius 3 is 2.63 bits per heavy atom. The van der Waals surface area contributed by atoms with Gasteiger partial charge in [0.2, 0.25) is 0 Å². The van der Waals surface area contributed by atoms with E-state index in [1.165, 1.54) is 0 Å². The first-order valence-electron chi connectivity index (χ1n) is 5.53. The van der Waals surface area contributed by atoms with Crippen molar-refractivity contribution >= 4 is 40.5 Å². The number of anilines is 1. The Bertz CT molecular complexity index is 612. The monoisotopic (exact) mass is 366 g/mol. The van der Waals surface area contributed by atoms with Gasteiger partial charge in [0, 0.05) is 3.57 Å². The number of carboxylic acid groups (broad SMARTS) is 1. The average molecular weight is 366 g/mol. The van der Waals surface area contributed by atoms with Gasteiger partial charge in [0.05, 0.1) is 17.5 Å². The number of hydrogen-bond acceptors (Lipinski definition) is 3. The van der Waals surface area contributed by atoms with E-state index in [-0.39, 0.29) is 5.56 Å². The molecule has 2 N–H and O–H groups in total. The van der Waals surface area contributed by atoms with Gasteiger partial charge in [-0.2, -0.15) is 5.10 Å². The number of carboxylic acids is 1. The van der Waals surface area contributed by atoms with E-state index < -0.39 is 5.97 Å². The lowest BCUT2D eigenvalue weighted by Gasteiger charge is -2.01. The maximum Gasteiger partial charge on any atom is 0.335 e. The molecular weight excluding hydrogens is 355 g/mol. The van der Waals surface area contributed by atoms with Crippen LogP contribution >= 0.6 is 22.6 Å². The number of nitrogens with zero attached hydrogens (tertiary/aromatic N) is 1. The minimum Gasteiger partial charge on any atom is -0.478 e. The second-order valence-electron chi connectivity index (χ2n) is 3.81. The highest BCUT2D eigenvalue weighted by Gasteiger charge is 2.04.